The van der Waals surface area contributed by atoms with E-state index in [0.29, 0.717) is 5.41 Å². The monoisotopic (exact) mass is 209 g/mol. The van der Waals surface area contributed by atoms with Gasteiger partial charge in [-0.05, 0) is 68.1 Å². The Morgan fingerprint density at radius 1 is 1.07 bits per heavy atom. The zero-order valence-corrected chi connectivity index (χ0v) is 9.49. The van der Waals surface area contributed by atoms with Gasteiger partial charge in [0.1, 0.15) is 0 Å². The Labute approximate surface area is 92.2 Å². The first kappa shape index (κ1) is 10.1. The van der Waals surface area contributed by atoms with Gasteiger partial charge < -0.3 is 10.8 Å². The SMILES string of the molecule is N[C@@H](CO)CC12CC3CC(CC(C3)C1)C2. The summed E-state index contributed by atoms with van der Waals surface area (Å²) in [5.74, 6) is 3.01. The molecule has 0 amide bonds. The van der Waals surface area contributed by atoms with Crippen LogP contribution in [0.15, 0.2) is 0 Å². The molecule has 0 aromatic rings. The van der Waals surface area contributed by atoms with E-state index in [9.17, 15) is 0 Å². The highest BCUT2D eigenvalue weighted by Gasteiger charge is 2.50. The summed E-state index contributed by atoms with van der Waals surface area (Å²) in [6, 6.07) is 0.0289. The molecule has 0 heterocycles. The van der Waals surface area contributed by atoms with Gasteiger partial charge in [0.25, 0.3) is 0 Å². The predicted molar refractivity (Wildman–Crippen MR) is 60.3 cm³/mol. The standard InChI is InChI=1S/C13H23NO/c14-12(8-15)7-13-4-9-1-10(5-13)3-11(2-9)6-13/h9-12,15H,1-8,14H2/t9?,10?,11?,12-,13?/m1/s1. The lowest BCUT2D eigenvalue weighted by Crippen LogP contribution is -2.48. The van der Waals surface area contributed by atoms with Gasteiger partial charge in [0.15, 0.2) is 0 Å². The molecule has 2 heteroatoms. The molecule has 86 valence electrons. The molecule has 15 heavy (non-hydrogen) atoms. The van der Waals surface area contributed by atoms with Crippen molar-refractivity contribution in [3.8, 4) is 0 Å². The van der Waals surface area contributed by atoms with Crippen LogP contribution in [0.25, 0.3) is 0 Å². The fourth-order valence-corrected chi connectivity index (χ4v) is 5.16. The average Bonchev–Trinajstić information content (AvgIpc) is 2.14. The molecule has 2 nitrogen and oxygen atoms in total. The van der Waals surface area contributed by atoms with Gasteiger partial charge in [-0.3, -0.25) is 0 Å². The average molecular weight is 209 g/mol. The number of hydrogen-bond donors (Lipinski definition) is 2. The summed E-state index contributed by atoms with van der Waals surface area (Å²) in [5, 5.41) is 9.11. The molecular formula is C13H23NO. The van der Waals surface area contributed by atoms with E-state index in [4.69, 9.17) is 10.8 Å². The van der Waals surface area contributed by atoms with E-state index in [1.807, 2.05) is 0 Å². The fourth-order valence-electron chi connectivity index (χ4n) is 5.16. The Balaban J connectivity index is 1.75. The molecule has 4 bridgehead atoms. The minimum atomic E-state index is 0.0289. The third kappa shape index (κ3) is 1.72. The van der Waals surface area contributed by atoms with Crippen molar-refractivity contribution < 1.29 is 5.11 Å². The molecule has 0 unspecified atom stereocenters. The third-order valence-corrected chi connectivity index (χ3v) is 5.09. The maximum atomic E-state index is 9.11. The van der Waals surface area contributed by atoms with Crippen LogP contribution in [0.2, 0.25) is 0 Å². The van der Waals surface area contributed by atoms with Gasteiger partial charge in [0, 0.05) is 6.04 Å². The number of aliphatic hydroxyl groups excluding tert-OH is 1. The van der Waals surface area contributed by atoms with Crippen molar-refractivity contribution >= 4 is 0 Å². The van der Waals surface area contributed by atoms with E-state index >= 15 is 0 Å². The maximum Gasteiger partial charge on any atom is 0.0582 e. The van der Waals surface area contributed by atoms with Crippen LogP contribution in [0.1, 0.15) is 44.9 Å². The van der Waals surface area contributed by atoms with Crippen molar-refractivity contribution in [2.24, 2.45) is 28.9 Å². The molecule has 0 spiro atoms. The van der Waals surface area contributed by atoms with Crippen LogP contribution in [-0.4, -0.2) is 17.8 Å². The minimum absolute atomic E-state index is 0.0289. The van der Waals surface area contributed by atoms with Crippen molar-refractivity contribution in [1.29, 1.82) is 0 Å². The lowest BCUT2D eigenvalue weighted by Gasteiger charge is -2.57. The minimum Gasteiger partial charge on any atom is -0.395 e. The van der Waals surface area contributed by atoms with Gasteiger partial charge in [-0.2, -0.15) is 0 Å². The van der Waals surface area contributed by atoms with Crippen LogP contribution in [-0.2, 0) is 0 Å². The lowest BCUT2D eigenvalue weighted by atomic mass is 9.48. The highest BCUT2D eigenvalue weighted by atomic mass is 16.3. The number of hydrogen-bond acceptors (Lipinski definition) is 2. The Morgan fingerprint density at radius 3 is 1.93 bits per heavy atom. The zero-order valence-electron chi connectivity index (χ0n) is 9.49. The van der Waals surface area contributed by atoms with E-state index < -0.39 is 0 Å². The van der Waals surface area contributed by atoms with Gasteiger partial charge in [-0.25, -0.2) is 0 Å². The first-order valence-corrected chi connectivity index (χ1v) is 6.55. The van der Waals surface area contributed by atoms with Gasteiger partial charge in [0.05, 0.1) is 6.61 Å². The van der Waals surface area contributed by atoms with Crippen molar-refractivity contribution in [1.82, 2.24) is 0 Å². The Hall–Kier alpha value is -0.0800. The summed E-state index contributed by atoms with van der Waals surface area (Å²) in [6.07, 6.45) is 9.79. The third-order valence-electron chi connectivity index (χ3n) is 5.09. The molecular weight excluding hydrogens is 186 g/mol. The van der Waals surface area contributed by atoms with Crippen molar-refractivity contribution in [2.45, 2.75) is 51.0 Å². The summed E-state index contributed by atoms with van der Waals surface area (Å²) in [7, 11) is 0. The second-order valence-corrected chi connectivity index (χ2v) is 6.56. The number of nitrogens with two attached hydrogens (primary N) is 1. The second kappa shape index (κ2) is 3.46. The summed E-state index contributed by atoms with van der Waals surface area (Å²) in [4.78, 5) is 0. The summed E-state index contributed by atoms with van der Waals surface area (Å²) < 4.78 is 0. The number of aliphatic hydroxyl groups is 1. The number of rotatable bonds is 3. The van der Waals surface area contributed by atoms with Crippen LogP contribution < -0.4 is 5.73 Å². The first-order valence-electron chi connectivity index (χ1n) is 6.55. The summed E-state index contributed by atoms with van der Waals surface area (Å²) in [5.41, 5.74) is 6.48. The van der Waals surface area contributed by atoms with Gasteiger partial charge in [-0.1, -0.05) is 0 Å². The molecule has 4 aliphatic carbocycles. The van der Waals surface area contributed by atoms with Gasteiger partial charge in [0.2, 0.25) is 0 Å². The Morgan fingerprint density at radius 2 is 1.53 bits per heavy atom. The molecule has 0 radical (unpaired) electrons. The molecule has 0 aliphatic heterocycles. The van der Waals surface area contributed by atoms with Crippen molar-refractivity contribution in [2.75, 3.05) is 6.61 Å². The smallest absolute Gasteiger partial charge is 0.0582 e. The predicted octanol–water partition coefficient (Wildman–Crippen LogP) is 1.91. The quantitative estimate of drug-likeness (QED) is 0.746. The second-order valence-electron chi connectivity index (χ2n) is 6.56. The molecule has 4 rings (SSSR count). The molecule has 4 fully saturated rings. The molecule has 0 aromatic heterocycles. The normalized spacial score (nSPS) is 49.6. The first-order chi connectivity index (χ1) is 7.19. The van der Waals surface area contributed by atoms with Crippen LogP contribution in [0.4, 0.5) is 0 Å². The van der Waals surface area contributed by atoms with E-state index in [1.54, 1.807) is 0 Å². The molecule has 0 aromatic carbocycles. The van der Waals surface area contributed by atoms with E-state index in [0.717, 1.165) is 24.2 Å². The maximum absolute atomic E-state index is 9.11. The van der Waals surface area contributed by atoms with Gasteiger partial charge in [-0.15, -0.1) is 0 Å². The van der Waals surface area contributed by atoms with Crippen LogP contribution in [0.3, 0.4) is 0 Å². The van der Waals surface area contributed by atoms with Crippen LogP contribution in [0, 0.1) is 23.2 Å². The zero-order chi connectivity index (χ0) is 10.5. The van der Waals surface area contributed by atoms with Crippen LogP contribution >= 0.6 is 0 Å². The fraction of sp³-hybridized carbons (Fsp3) is 1.00. The molecule has 3 N–H and O–H groups in total. The Bertz CT molecular complexity index is 216. The van der Waals surface area contributed by atoms with Crippen molar-refractivity contribution in [3.63, 3.8) is 0 Å². The van der Waals surface area contributed by atoms with E-state index in [2.05, 4.69) is 0 Å². The highest BCUT2D eigenvalue weighted by molar-refractivity contribution is 5.02. The van der Waals surface area contributed by atoms with Crippen LogP contribution in [0.5, 0.6) is 0 Å². The van der Waals surface area contributed by atoms with Gasteiger partial charge >= 0.3 is 0 Å². The molecule has 1 atom stereocenters. The topological polar surface area (TPSA) is 46.2 Å². The van der Waals surface area contributed by atoms with E-state index in [-0.39, 0.29) is 12.6 Å². The largest absolute Gasteiger partial charge is 0.395 e. The Kier molecular flexibility index (Phi) is 2.33. The summed E-state index contributed by atoms with van der Waals surface area (Å²) in [6.45, 7) is 0.168. The summed E-state index contributed by atoms with van der Waals surface area (Å²) >= 11 is 0. The molecule has 4 aliphatic rings. The molecule has 4 saturated carbocycles. The molecule has 0 saturated heterocycles. The lowest BCUT2D eigenvalue weighted by molar-refractivity contribution is -0.0623. The van der Waals surface area contributed by atoms with E-state index in [1.165, 1.54) is 38.5 Å². The van der Waals surface area contributed by atoms with Crippen molar-refractivity contribution in [3.05, 3.63) is 0 Å². The highest BCUT2D eigenvalue weighted by Crippen LogP contribution is 2.61.